The van der Waals surface area contributed by atoms with Gasteiger partial charge in [0, 0.05) is 22.5 Å². The van der Waals surface area contributed by atoms with Crippen LogP contribution in [0, 0.1) is 6.92 Å². The second-order valence-electron chi connectivity index (χ2n) is 4.01. The zero-order valence-corrected chi connectivity index (χ0v) is 11.6. The molecule has 1 atom stereocenters. The number of hydrogen-bond donors (Lipinski definition) is 1. The first-order chi connectivity index (χ1) is 8.04. The molecule has 1 N–H and O–H groups in total. The molecule has 0 fully saturated rings. The van der Waals surface area contributed by atoms with E-state index in [1.54, 1.807) is 18.2 Å². The van der Waals surface area contributed by atoms with E-state index in [1.165, 1.54) is 0 Å². The van der Waals surface area contributed by atoms with E-state index in [2.05, 4.69) is 5.32 Å². The summed E-state index contributed by atoms with van der Waals surface area (Å²) in [7, 11) is 0. The molecule has 0 aliphatic rings. The Morgan fingerprint density at radius 3 is 2.76 bits per heavy atom. The number of carbonyl (C=O) groups excluding carboxylic acids is 1. The third-order valence-corrected chi connectivity index (χ3v) is 3.56. The zero-order valence-electron chi connectivity index (χ0n) is 10.1. The van der Waals surface area contributed by atoms with Crippen molar-refractivity contribution in [2.75, 3.05) is 6.54 Å². The highest BCUT2D eigenvalue weighted by atomic mass is 35.5. The summed E-state index contributed by atoms with van der Waals surface area (Å²) in [6.45, 7) is 4.51. The lowest BCUT2D eigenvalue weighted by atomic mass is 10.1. The van der Waals surface area contributed by atoms with Crippen LogP contribution in [0.25, 0.3) is 0 Å². The van der Waals surface area contributed by atoms with E-state index in [1.807, 2.05) is 13.8 Å². The van der Waals surface area contributed by atoms with Gasteiger partial charge in [0.25, 0.3) is 5.91 Å². The molecular formula is C13H17Cl2NO. The molecule has 17 heavy (non-hydrogen) atoms. The van der Waals surface area contributed by atoms with Gasteiger partial charge in [0.2, 0.25) is 0 Å². The van der Waals surface area contributed by atoms with Gasteiger partial charge in [-0.25, -0.2) is 0 Å². The zero-order chi connectivity index (χ0) is 12.8. The SMILES string of the molecule is CCC(Cl)CCNC(=O)c1ccc(Cl)c(C)c1. The van der Waals surface area contributed by atoms with Crippen molar-refractivity contribution in [2.24, 2.45) is 0 Å². The summed E-state index contributed by atoms with van der Waals surface area (Å²) in [6.07, 6.45) is 1.70. The molecule has 94 valence electrons. The highest BCUT2D eigenvalue weighted by molar-refractivity contribution is 6.31. The van der Waals surface area contributed by atoms with Gasteiger partial charge in [-0.2, -0.15) is 0 Å². The second-order valence-corrected chi connectivity index (χ2v) is 5.04. The standard InChI is InChI=1S/C13H17Cl2NO/c1-3-11(14)6-7-16-13(17)10-4-5-12(15)9(2)8-10/h4-5,8,11H,3,6-7H2,1-2H3,(H,16,17). The van der Waals surface area contributed by atoms with Gasteiger partial charge in [-0.05, 0) is 43.5 Å². The van der Waals surface area contributed by atoms with Crippen LogP contribution in [0.5, 0.6) is 0 Å². The molecule has 0 heterocycles. The fraction of sp³-hybridized carbons (Fsp3) is 0.462. The Balaban J connectivity index is 2.50. The summed E-state index contributed by atoms with van der Waals surface area (Å²) in [6, 6.07) is 5.25. The molecule has 0 saturated heterocycles. The molecular weight excluding hydrogens is 257 g/mol. The number of rotatable bonds is 5. The van der Waals surface area contributed by atoms with Crippen molar-refractivity contribution in [1.29, 1.82) is 0 Å². The Bertz CT molecular complexity index is 393. The van der Waals surface area contributed by atoms with Crippen LogP contribution in [0.1, 0.15) is 35.7 Å². The molecule has 1 amide bonds. The maximum Gasteiger partial charge on any atom is 0.251 e. The fourth-order valence-corrected chi connectivity index (χ4v) is 1.66. The van der Waals surface area contributed by atoms with Gasteiger partial charge in [0.1, 0.15) is 0 Å². The predicted molar refractivity (Wildman–Crippen MR) is 73.1 cm³/mol. The Labute approximate surface area is 112 Å². The van der Waals surface area contributed by atoms with E-state index in [0.717, 1.165) is 18.4 Å². The number of nitrogens with one attached hydrogen (secondary N) is 1. The van der Waals surface area contributed by atoms with Crippen LogP contribution in [0.2, 0.25) is 5.02 Å². The van der Waals surface area contributed by atoms with Crippen LogP contribution >= 0.6 is 23.2 Å². The minimum Gasteiger partial charge on any atom is -0.352 e. The first-order valence-corrected chi connectivity index (χ1v) is 6.54. The summed E-state index contributed by atoms with van der Waals surface area (Å²) in [5.74, 6) is -0.0789. The Hall–Kier alpha value is -0.730. The van der Waals surface area contributed by atoms with Crippen LogP contribution in [0.4, 0.5) is 0 Å². The largest absolute Gasteiger partial charge is 0.352 e. The number of amides is 1. The number of benzene rings is 1. The molecule has 0 aromatic heterocycles. The smallest absolute Gasteiger partial charge is 0.251 e. The van der Waals surface area contributed by atoms with Crippen molar-refractivity contribution >= 4 is 29.1 Å². The summed E-state index contributed by atoms with van der Waals surface area (Å²) in [5, 5.41) is 3.65. The molecule has 1 aromatic carbocycles. The second kappa shape index (κ2) is 6.87. The summed E-state index contributed by atoms with van der Waals surface area (Å²) in [4.78, 5) is 11.8. The number of carbonyl (C=O) groups is 1. The Morgan fingerprint density at radius 2 is 2.18 bits per heavy atom. The molecule has 0 bridgehead atoms. The van der Waals surface area contributed by atoms with E-state index >= 15 is 0 Å². The summed E-state index contributed by atoms with van der Waals surface area (Å²) < 4.78 is 0. The van der Waals surface area contributed by atoms with Crippen molar-refractivity contribution in [3.63, 3.8) is 0 Å². The van der Waals surface area contributed by atoms with Crippen molar-refractivity contribution in [3.8, 4) is 0 Å². The number of halogens is 2. The van der Waals surface area contributed by atoms with Gasteiger partial charge in [0.15, 0.2) is 0 Å². The van der Waals surface area contributed by atoms with Gasteiger partial charge in [-0.15, -0.1) is 11.6 Å². The first kappa shape index (κ1) is 14.3. The normalized spacial score (nSPS) is 12.2. The minimum absolute atomic E-state index is 0.0789. The molecule has 4 heteroatoms. The van der Waals surface area contributed by atoms with Crippen LogP contribution < -0.4 is 5.32 Å². The lowest BCUT2D eigenvalue weighted by Crippen LogP contribution is -2.26. The maximum absolute atomic E-state index is 11.8. The maximum atomic E-state index is 11.8. The molecule has 1 unspecified atom stereocenters. The molecule has 2 nitrogen and oxygen atoms in total. The van der Waals surface area contributed by atoms with Crippen LogP contribution in [-0.4, -0.2) is 17.8 Å². The number of hydrogen-bond acceptors (Lipinski definition) is 1. The van der Waals surface area contributed by atoms with Gasteiger partial charge in [-0.1, -0.05) is 18.5 Å². The highest BCUT2D eigenvalue weighted by Gasteiger charge is 2.07. The first-order valence-electron chi connectivity index (χ1n) is 5.73. The molecule has 0 radical (unpaired) electrons. The quantitative estimate of drug-likeness (QED) is 0.813. The predicted octanol–water partition coefficient (Wildman–Crippen LogP) is 3.79. The lowest BCUT2D eigenvalue weighted by Gasteiger charge is -2.08. The van der Waals surface area contributed by atoms with Gasteiger partial charge in [0.05, 0.1) is 0 Å². The van der Waals surface area contributed by atoms with E-state index < -0.39 is 0 Å². The highest BCUT2D eigenvalue weighted by Crippen LogP contribution is 2.16. The monoisotopic (exact) mass is 273 g/mol. The van der Waals surface area contributed by atoms with E-state index in [0.29, 0.717) is 17.1 Å². The van der Waals surface area contributed by atoms with E-state index in [-0.39, 0.29) is 11.3 Å². The third-order valence-electron chi connectivity index (χ3n) is 2.61. The van der Waals surface area contributed by atoms with Crippen LogP contribution in [0.15, 0.2) is 18.2 Å². The van der Waals surface area contributed by atoms with Crippen LogP contribution in [-0.2, 0) is 0 Å². The Kier molecular flexibility index (Phi) is 5.79. The Morgan fingerprint density at radius 1 is 1.47 bits per heavy atom. The molecule has 0 saturated carbocycles. The van der Waals surface area contributed by atoms with E-state index in [4.69, 9.17) is 23.2 Å². The molecule has 0 aliphatic carbocycles. The molecule has 0 aliphatic heterocycles. The summed E-state index contributed by atoms with van der Waals surface area (Å²) in [5.41, 5.74) is 1.54. The average Bonchev–Trinajstić information content (AvgIpc) is 2.32. The van der Waals surface area contributed by atoms with Crippen molar-refractivity contribution < 1.29 is 4.79 Å². The van der Waals surface area contributed by atoms with Crippen LogP contribution in [0.3, 0.4) is 0 Å². The third kappa shape index (κ3) is 4.57. The van der Waals surface area contributed by atoms with E-state index in [9.17, 15) is 4.79 Å². The lowest BCUT2D eigenvalue weighted by molar-refractivity contribution is 0.0953. The van der Waals surface area contributed by atoms with Crippen molar-refractivity contribution in [2.45, 2.75) is 32.1 Å². The fourth-order valence-electron chi connectivity index (χ4n) is 1.43. The van der Waals surface area contributed by atoms with Gasteiger partial charge >= 0.3 is 0 Å². The summed E-state index contributed by atoms with van der Waals surface area (Å²) >= 11 is 11.9. The van der Waals surface area contributed by atoms with Gasteiger partial charge < -0.3 is 5.32 Å². The topological polar surface area (TPSA) is 29.1 Å². The molecule has 0 spiro atoms. The molecule has 1 aromatic rings. The van der Waals surface area contributed by atoms with Crippen molar-refractivity contribution in [3.05, 3.63) is 34.3 Å². The number of alkyl halides is 1. The number of aryl methyl sites for hydroxylation is 1. The van der Waals surface area contributed by atoms with Gasteiger partial charge in [-0.3, -0.25) is 4.79 Å². The molecule has 1 rings (SSSR count). The average molecular weight is 274 g/mol. The van der Waals surface area contributed by atoms with Crippen molar-refractivity contribution in [1.82, 2.24) is 5.32 Å². The minimum atomic E-state index is -0.0789.